The van der Waals surface area contributed by atoms with Crippen molar-refractivity contribution in [2.75, 3.05) is 13.2 Å². The standard InChI is InChI=1S/C24H44N4O7/c1-11-34-16(29)12-25-20(30)17(13(2)3)26-21(31)18(14(4)5)27-22(32)19(15(6)7)28-23(33)35-24(8,9)10/h13-15,17-19H,11-12H2,1-10H3,(H,25,30)(H,26,31)(H,27,32)(H,28,33)/t17-,18+,19-/m0/s1. The van der Waals surface area contributed by atoms with Crippen LogP contribution in [0.25, 0.3) is 0 Å². The Balaban J connectivity index is 5.40. The molecule has 11 heteroatoms. The SMILES string of the molecule is CCOC(=O)CNC(=O)[C@@H](NC(=O)[C@H](NC(=O)[C@@H](NC(=O)OC(C)(C)C)C(C)C)C(C)C)C(C)C. The Hall–Kier alpha value is -2.85. The molecule has 0 aromatic rings. The summed E-state index contributed by atoms with van der Waals surface area (Å²) >= 11 is 0. The maximum Gasteiger partial charge on any atom is 0.408 e. The molecular formula is C24H44N4O7. The summed E-state index contributed by atoms with van der Waals surface area (Å²) in [4.78, 5) is 62.4. The lowest BCUT2D eigenvalue weighted by atomic mass is 9.98. The Morgan fingerprint density at radius 1 is 0.686 bits per heavy atom. The molecule has 0 fully saturated rings. The van der Waals surface area contributed by atoms with E-state index in [-0.39, 0.29) is 30.9 Å². The maximum absolute atomic E-state index is 13.1. The average molecular weight is 501 g/mol. The first kappa shape index (κ1) is 32.1. The summed E-state index contributed by atoms with van der Waals surface area (Å²) in [6.07, 6.45) is -0.741. The third kappa shape index (κ3) is 12.4. The monoisotopic (exact) mass is 500 g/mol. The lowest BCUT2D eigenvalue weighted by Gasteiger charge is -2.29. The fourth-order valence-electron chi connectivity index (χ4n) is 3.01. The van der Waals surface area contributed by atoms with Crippen molar-refractivity contribution in [1.29, 1.82) is 0 Å². The molecule has 202 valence electrons. The van der Waals surface area contributed by atoms with Gasteiger partial charge in [-0.2, -0.15) is 0 Å². The second-order valence-electron chi connectivity index (χ2n) is 10.4. The first-order valence-corrected chi connectivity index (χ1v) is 12.0. The van der Waals surface area contributed by atoms with E-state index in [2.05, 4.69) is 21.3 Å². The van der Waals surface area contributed by atoms with Gasteiger partial charge in [-0.1, -0.05) is 41.5 Å². The van der Waals surface area contributed by atoms with Crippen LogP contribution in [0.2, 0.25) is 0 Å². The van der Waals surface area contributed by atoms with E-state index in [0.717, 1.165) is 0 Å². The first-order valence-electron chi connectivity index (χ1n) is 12.0. The molecule has 0 aliphatic rings. The van der Waals surface area contributed by atoms with Crippen LogP contribution in [0, 0.1) is 17.8 Å². The van der Waals surface area contributed by atoms with E-state index in [9.17, 15) is 24.0 Å². The zero-order chi connectivity index (χ0) is 27.5. The topological polar surface area (TPSA) is 152 Å². The molecule has 0 saturated heterocycles. The van der Waals surface area contributed by atoms with E-state index in [1.807, 2.05) is 0 Å². The number of esters is 1. The number of amides is 4. The highest BCUT2D eigenvalue weighted by Crippen LogP contribution is 2.11. The van der Waals surface area contributed by atoms with Gasteiger partial charge in [0.2, 0.25) is 17.7 Å². The molecule has 4 N–H and O–H groups in total. The molecule has 0 heterocycles. The van der Waals surface area contributed by atoms with Crippen molar-refractivity contribution in [1.82, 2.24) is 21.3 Å². The van der Waals surface area contributed by atoms with Gasteiger partial charge in [0.15, 0.2) is 0 Å². The maximum atomic E-state index is 13.1. The molecule has 0 aromatic carbocycles. The van der Waals surface area contributed by atoms with Gasteiger partial charge in [-0.15, -0.1) is 0 Å². The predicted octanol–water partition coefficient (Wildman–Crippen LogP) is 1.50. The van der Waals surface area contributed by atoms with Gasteiger partial charge in [-0.3, -0.25) is 19.2 Å². The smallest absolute Gasteiger partial charge is 0.408 e. The van der Waals surface area contributed by atoms with E-state index < -0.39 is 53.5 Å². The molecule has 0 aliphatic heterocycles. The number of hydrogen-bond donors (Lipinski definition) is 4. The van der Waals surface area contributed by atoms with Crippen molar-refractivity contribution < 1.29 is 33.4 Å². The van der Waals surface area contributed by atoms with Crippen LogP contribution < -0.4 is 21.3 Å². The van der Waals surface area contributed by atoms with E-state index in [1.54, 1.807) is 69.2 Å². The van der Waals surface area contributed by atoms with Gasteiger partial charge in [0.05, 0.1) is 6.61 Å². The Bertz CT molecular complexity index is 745. The molecule has 0 rings (SSSR count). The van der Waals surface area contributed by atoms with Crippen LogP contribution in [0.1, 0.15) is 69.2 Å². The third-order valence-corrected chi connectivity index (χ3v) is 4.83. The summed E-state index contributed by atoms with van der Waals surface area (Å²) in [6.45, 7) is 17.2. The van der Waals surface area contributed by atoms with Crippen LogP contribution in [-0.4, -0.2) is 66.7 Å². The average Bonchev–Trinajstić information content (AvgIpc) is 2.70. The van der Waals surface area contributed by atoms with Crippen LogP contribution in [0.15, 0.2) is 0 Å². The fraction of sp³-hybridized carbons (Fsp3) is 0.792. The number of nitrogens with one attached hydrogen (secondary N) is 4. The molecular weight excluding hydrogens is 456 g/mol. The Morgan fingerprint density at radius 2 is 1.09 bits per heavy atom. The van der Waals surface area contributed by atoms with E-state index in [4.69, 9.17) is 9.47 Å². The zero-order valence-corrected chi connectivity index (χ0v) is 22.7. The number of ether oxygens (including phenoxy) is 2. The molecule has 4 amide bonds. The van der Waals surface area contributed by atoms with Crippen molar-refractivity contribution in [2.45, 2.75) is 93.0 Å². The van der Waals surface area contributed by atoms with Crippen LogP contribution in [0.4, 0.5) is 4.79 Å². The van der Waals surface area contributed by atoms with Crippen molar-refractivity contribution in [3.63, 3.8) is 0 Å². The molecule has 35 heavy (non-hydrogen) atoms. The molecule has 0 aliphatic carbocycles. The molecule has 0 unspecified atom stereocenters. The predicted molar refractivity (Wildman–Crippen MR) is 131 cm³/mol. The number of carbonyl (C=O) groups is 5. The Labute approximate surface area is 208 Å². The highest BCUT2D eigenvalue weighted by atomic mass is 16.6. The van der Waals surface area contributed by atoms with Gasteiger partial charge < -0.3 is 30.7 Å². The summed E-state index contributed by atoms with van der Waals surface area (Å²) < 4.78 is 10.0. The second kappa shape index (κ2) is 14.5. The molecule has 3 atom stereocenters. The lowest BCUT2D eigenvalue weighted by Crippen LogP contribution is -2.60. The number of rotatable bonds is 12. The second-order valence-corrected chi connectivity index (χ2v) is 10.4. The highest BCUT2D eigenvalue weighted by molar-refractivity contribution is 5.94. The third-order valence-electron chi connectivity index (χ3n) is 4.83. The minimum absolute atomic E-state index is 0.189. The summed E-state index contributed by atoms with van der Waals surface area (Å²) in [5, 5.41) is 10.4. The van der Waals surface area contributed by atoms with Gasteiger partial charge >= 0.3 is 12.1 Å². The highest BCUT2D eigenvalue weighted by Gasteiger charge is 2.34. The molecule has 0 bridgehead atoms. The van der Waals surface area contributed by atoms with Crippen LogP contribution in [0.5, 0.6) is 0 Å². The minimum Gasteiger partial charge on any atom is -0.465 e. The van der Waals surface area contributed by atoms with Crippen molar-refractivity contribution in [3.05, 3.63) is 0 Å². The number of carbonyl (C=O) groups excluding carboxylic acids is 5. The van der Waals surface area contributed by atoms with E-state index in [0.29, 0.717) is 0 Å². The van der Waals surface area contributed by atoms with Crippen molar-refractivity contribution in [3.8, 4) is 0 Å². The van der Waals surface area contributed by atoms with Gasteiger partial charge in [-0.25, -0.2) is 4.79 Å². The summed E-state index contributed by atoms with van der Waals surface area (Å²) in [6, 6.07) is -2.84. The summed E-state index contributed by atoms with van der Waals surface area (Å²) in [5.74, 6) is -3.12. The normalized spacial score (nSPS) is 14.1. The van der Waals surface area contributed by atoms with Gasteiger partial charge in [0.1, 0.15) is 30.3 Å². The quantitative estimate of drug-likeness (QED) is 0.296. The molecule has 0 radical (unpaired) electrons. The van der Waals surface area contributed by atoms with Crippen LogP contribution in [-0.2, 0) is 28.7 Å². The van der Waals surface area contributed by atoms with E-state index >= 15 is 0 Å². The van der Waals surface area contributed by atoms with Crippen molar-refractivity contribution in [2.24, 2.45) is 17.8 Å². The summed E-state index contributed by atoms with van der Waals surface area (Å²) in [7, 11) is 0. The Kier molecular flexibility index (Phi) is 13.3. The molecule has 11 nitrogen and oxygen atoms in total. The van der Waals surface area contributed by atoms with Crippen LogP contribution >= 0.6 is 0 Å². The van der Waals surface area contributed by atoms with Crippen molar-refractivity contribution >= 4 is 29.8 Å². The molecule has 0 spiro atoms. The number of hydrogen-bond acceptors (Lipinski definition) is 7. The van der Waals surface area contributed by atoms with Crippen LogP contribution in [0.3, 0.4) is 0 Å². The van der Waals surface area contributed by atoms with Gasteiger partial charge in [-0.05, 0) is 45.4 Å². The summed E-state index contributed by atoms with van der Waals surface area (Å²) in [5.41, 5.74) is -0.734. The zero-order valence-electron chi connectivity index (χ0n) is 22.7. The van der Waals surface area contributed by atoms with E-state index in [1.165, 1.54) is 0 Å². The van der Waals surface area contributed by atoms with Gasteiger partial charge in [0.25, 0.3) is 0 Å². The molecule has 0 aromatic heterocycles. The van der Waals surface area contributed by atoms with Gasteiger partial charge in [0, 0.05) is 0 Å². The minimum atomic E-state index is -0.969. The first-order chi connectivity index (χ1) is 16.0. The largest absolute Gasteiger partial charge is 0.465 e. The number of alkyl carbamates (subject to hydrolysis) is 1. The Morgan fingerprint density at radius 3 is 1.46 bits per heavy atom. The fourth-order valence-corrected chi connectivity index (χ4v) is 3.01. The lowest BCUT2D eigenvalue weighted by molar-refractivity contribution is -0.143. The molecule has 0 saturated carbocycles.